The van der Waals surface area contributed by atoms with Gasteiger partial charge >= 0.3 is 0 Å². The van der Waals surface area contributed by atoms with E-state index in [1.807, 2.05) is 48.7 Å². The average Bonchev–Trinajstić information content (AvgIpc) is 2.99. The van der Waals surface area contributed by atoms with Gasteiger partial charge in [-0.1, -0.05) is 36.4 Å². The minimum Gasteiger partial charge on any atom is -0.361 e. The van der Waals surface area contributed by atoms with Gasteiger partial charge in [0, 0.05) is 28.2 Å². The van der Waals surface area contributed by atoms with Crippen molar-refractivity contribution < 1.29 is 8.42 Å². The van der Waals surface area contributed by atoms with Crippen LogP contribution in [0.3, 0.4) is 0 Å². The van der Waals surface area contributed by atoms with Crippen LogP contribution in [0.1, 0.15) is 11.1 Å². The SMILES string of the molecule is O=S1(=O)Nc2ccccc2C1=Cc1c[nH]c2ccccc12. The molecule has 0 fully saturated rings. The zero-order valence-corrected chi connectivity index (χ0v) is 11.8. The molecule has 0 unspecified atom stereocenters. The fourth-order valence-electron chi connectivity index (χ4n) is 2.64. The van der Waals surface area contributed by atoms with Gasteiger partial charge in [-0.15, -0.1) is 0 Å². The van der Waals surface area contributed by atoms with Gasteiger partial charge in [-0.2, -0.15) is 0 Å². The van der Waals surface area contributed by atoms with Crippen LogP contribution in [0.15, 0.2) is 54.7 Å². The number of H-pyrrole nitrogens is 1. The van der Waals surface area contributed by atoms with E-state index in [-0.39, 0.29) is 0 Å². The van der Waals surface area contributed by atoms with Gasteiger partial charge in [-0.05, 0) is 18.2 Å². The number of benzene rings is 2. The number of para-hydroxylation sites is 2. The molecule has 104 valence electrons. The van der Waals surface area contributed by atoms with Crippen molar-refractivity contribution in [3.05, 3.63) is 65.9 Å². The monoisotopic (exact) mass is 296 g/mol. The van der Waals surface area contributed by atoms with Gasteiger partial charge in [-0.3, -0.25) is 4.72 Å². The summed E-state index contributed by atoms with van der Waals surface area (Å²) in [6, 6.07) is 15.1. The van der Waals surface area contributed by atoms with Crippen molar-refractivity contribution in [1.29, 1.82) is 0 Å². The predicted molar refractivity (Wildman–Crippen MR) is 85.2 cm³/mol. The van der Waals surface area contributed by atoms with Crippen molar-refractivity contribution in [2.75, 3.05) is 4.72 Å². The Morgan fingerprint density at radius 1 is 0.952 bits per heavy atom. The van der Waals surface area contributed by atoms with Crippen LogP contribution in [-0.2, 0) is 10.0 Å². The summed E-state index contributed by atoms with van der Waals surface area (Å²) in [6.07, 6.45) is 3.54. The van der Waals surface area contributed by atoms with Crippen LogP contribution in [0.4, 0.5) is 5.69 Å². The Labute approximate surface area is 122 Å². The summed E-state index contributed by atoms with van der Waals surface area (Å²) in [7, 11) is -3.49. The van der Waals surface area contributed by atoms with Gasteiger partial charge in [0.15, 0.2) is 0 Å². The van der Waals surface area contributed by atoms with Crippen molar-refractivity contribution >= 4 is 37.6 Å². The predicted octanol–water partition coefficient (Wildman–Crippen LogP) is 3.42. The number of nitrogens with one attached hydrogen (secondary N) is 2. The third-order valence-electron chi connectivity index (χ3n) is 3.63. The molecule has 2 heterocycles. The van der Waals surface area contributed by atoms with Crippen LogP contribution in [0.5, 0.6) is 0 Å². The molecule has 0 spiro atoms. The third kappa shape index (κ3) is 1.86. The minimum atomic E-state index is -3.49. The first-order valence-electron chi connectivity index (χ1n) is 6.55. The molecule has 0 aliphatic carbocycles. The standard InChI is InChI=1S/C16H12N2O2S/c19-21(20)16(13-6-2-4-8-15(13)18-21)9-11-10-17-14-7-3-1-5-12(11)14/h1-10,17-18H. The molecule has 2 N–H and O–H groups in total. The van der Waals surface area contributed by atoms with E-state index < -0.39 is 10.0 Å². The second-order valence-electron chi connectivity index (χ2n) is 4.95. The maximum Gasteiger partial charge on any atom is 0.262 e. The Kier molecular flexibility index (Phi) is 2.46. The van der Waals surface area contributed by atoms with Gasteiger partial charge in [0.2, 0.25) is 0 Å². The van der Waals surface area contributed by atoms with Crippen LogP contribution in [-0.4, -0.2) is 13.4 Å². The lowest BCUT2D eigenvalue weighted by molar-refractivity contribution is 0.611. The molecule has 0 bridgehead atoms. The highest BCUT2D eigenvalue weighted by molar-refractivity contribution is 8.02. The van der Waals surface area contributed by atoms with E-state index in [9.17, 15) is 8.42 Å². The highest BCUT2D eigenvalue weighted by Crippen LogP contribution is 2.38. The number of aromatic nitrogens is 1. The van der Waals surface area contributed by atoms with Crippen molar-refractivity contribution in [2.24, 2.45) is 0 Å². The molecule has 1 aliphatic rings. The second kappa shape index (κ2) is 4.23. The lowest BCUT2D eigenvalue weighted by Crippen LogP contribution is -2.05. The molecule has 21 heavy (non-hydrogen) atoms. The molecule has 2 aromatic carbocycles. The molecule has 4 rings (SSSR count). The van der Waals surface area contributed by atoms with E-state index in [0.717, 1.165) is 16.5 Å². The molecule has 5 heteroatoms. The molecule has 0 amide bonds. The zero-order chi connectivity index (χ0) is 14.4. The smallest absolute Gasteiger partial charge is 0.262 e. The van der Waals surface area contributed by atoms with Gasteiger partial charge in [0.25, 0.3) is 10.0 Å². The van der Waals surface area contributed by atoms with E-state index in [1.54, 1.807) is 12.1 Å². The molecular weight excluding hydrogens is 284 g/mol. The molecule has 4 nitrogen and oxygen atoms in total. The number of fused-ring (bicyclic) bond motifs is 2. The maximum absolute atomic E-state index is 12.3. The molecule has 1 aliphatic heterocycles. The number of hydrogen-bond donors (Lipinski definition) is 2. The summed E-state index contributed by atoms with van der Waals surface area (Å²) < 4.78 is 27.2. The quantitative estimate of drug-likeness (QED) is 0.722. The maximum atomic E-state index is 12.3. The largest absolute Gasteiger partial charge is 0.361 e. The summed E-state index contributed by atoms with van der Waals surface area (Å²) in [5.74, 6) is 0. The van der Waals surface area contributed by atoms with E-state index in [2.05, 4.69) is 9.71 Å². The lowest BCUT2D eigenvalue weighted by Gasteiger charge is -1.98. The molecule has 0 saturated carbocycles. The third-order valence-corrected chi connectivity index (χ3v) is 5.04. The Bertz CT molecular complexity index is 984. The summed E-state index contributed by atoms with van der Waals surface area (Å²) in [5.41, 5.74) is 3.19. The summed E-state index contributed by atoms with van der Waals surface area (Å²) >= 11 is 0. The highest BCUT2D eigenvalue weighted by Gasteiger charge is 2.29. The van der Waals surface area contributed by atoms with E-state index >= 15 is 0 Å². The fraction of sp³-hybridized carbons (Fsp3) is 0. The van der Waals surface area contributed by atoms with E-state index in [1.165, 1.54) is 0 Å². The number of rotatable bonds is 1. The van der Waals surface area contributed by atoms with Crippen LogP contribution >= 0.6 is 0 Å². The normalized spacial score (nSPS) is 17.8. The first-order valence-corrected chi connectivity index (χ1v) is 8.03. The fourth-order valence-corrected chi connectivity index (χ4v) is 3.97. The molecule has 0 atom stereocenters. The van der Waals surface area contributed by atoms with Gasteiger partial charge in [0.05, 0.1) is 10.6 Å². The van der Waals surface area contributed by atoms with E-state index in [4.69, 9.17) is 0 Å². The van der Waals surface area contributed by atoms with Crippen molar-refractivity contribution in [3.8, 4) is 0 Å². The first kappa shape index (κ1) is 12.2. The Morgan fingerprint density at radius 2 is 1.71 bits per heavy atom. The highest BCUT2D eigenvalue weighted by atomic mass is 32.2. The van der Waals surface area contributed by atoms with Crippen LogP contribution in [0.2, 0.25) is 0 Å². The number of hydrogen-bond acceptors (Lipinski definition) is 2. The number of aromatic amines is 1. The summed E-state index contributed by atoms with van der Waals surface area (Å²) in [4.78, 5) is 3.46. The molecule has 0 saturated heterocycles. The molecule has 0 radical (unpaired) electrons. The average molecular weight is 296 g/mol. The van der Waals surface area contributed by atoms with Gasteiger partial charge < -0.3 is 4.98 Å². The summed E-state index contributed by atoms with van der Waals surface area (Å²) in [5, 5.41) is 1.00. The van der Waals surface area contributed by atoms with Crippen LogP contribution in [0.25, 0.3) is 21.9 Å². The number of anilines is 1. The van der Waals surface area contributed by atoms with Crippen LogP contribution in [0, 0.1) is 0 Å². The first-order chi connectivity index (χ1) is 10.1. The molecule has 1 aromatic heterocycles. The number of sulfonamides is 1. The Balaban J connectivity index is 1.97. The lowest BCUT2D eigenvalue weighted by atomic mass is 10.1. The minimum absolute atomic E-state index is 0.308. The topological polar surface area (TPSA) is 62.0 Å². The molecular formula is C16H12N2O2S. The van der Waals surface area contributed by atoms with Gasteiger partial charge in [-0.25, -0.2) is 8.42 Å². The van der Waals surface area contributed by atoms with E-state index in [0.29, 0.717) is 16.2 Å². The van der Waals surface area contributed by atoms with Crippen molar-refractivity contribution in [1.82, 2.24) is 4.98 Å². The Morgan fingerprint density at radius 3 is 2.62 bits per heavy atom. The Hall–Kier alpha value is -2.53. The molecule has 3 aromatic rings. The second-order valence-corrected chi connectivity index (χ2v) is 6.60. The van der Waals surface area contributed by atoms with Crippen molar-refractivity contribution in [3.63, 3.8) is 0 Å². The van der Waals surface area contributed by atoms with Gasteiger partial charge in [0.1, 0.15) is 0 Å². The summed E-state index contributed by atoms with van der Waals surface area (Å²) in [6.45, 7) is 0. The zero-order valence-electron chi connectivity index (χ0n) is 11.0. The van der Waals surface area contributed by atoms with Crippen molar-refractivity contribution in [2.45, 2.75) is 0 Å². The van der Waals surface area contributed by atoms with Crippen LogP contribution < -0.4 is 4.72 Å².